The largest absolute Gasteiger partial charge is 0.387 e. The van der Waals surface area contributed by atoms with Crippen LogP contribution in [0.5, 0.6) is 0 Å². The number of carbonyl (C=O) groups excluding carboxylic acids is 1. The Hall–Kier alpha value is -1.39. The third kappa shape index (κ3) is 3.59. The van der Waals surface area contributed by atoms with Gasteiger partial charge in [-0.15, -0.1) is 0 Å². The van der Waals surface area contributed by atoms with Gasteiger partial charge in [-0.1, -0.05) is 37.3 Å². The summed E-state index contributed by atoms with van der Waals surface area (Å²) in [5.74, 6) is 0.465. The summed E-state index contributed by atoms with van der Waals surface area (Å²) in [7, 11) is 0. The number of piperidine rings is 2. The molecule has 126 valence electrons. The van der Waals surface area contributed by atoms with Crippen LogP contribution in [0.2, 0.25) is 0 Å². The maximum atomic E-state index is 11.7. The molecule has 3 rings (SSSR count). The molecule has 0 radical (unpaired) electrons. The minimum absolute atomic E-state index is 0.123. The lowest BCUT2D eigenvalue weighted by Gasteiger charge is -2.50. The van der Waals surface area contributed by atoms with Gasteiger partial charge in [0.2, 0.25) is 5.91 Å². The molecule has 0 saturated carbocycles. The Morgan fingerprint density at radius 1 is 1.26 bits per heavy atom. The van der Waals surface area contributed by atoms with Crippen molar-refractivity contribution in [3.63, 3.8) is 0 Å². The summed E-state index contributed by atoms with van der Waals surface area (Å²) in [5.41, 5.74) is 1.76. The molecule has 1 atom stereocenters. The van der Waals surface area contributed by atoms with Crippen LogP contribution in [0.25, 0.3) is 0 Å². The molecule has 2 aliphatic rings. The first kappa shape index (κ1) is 16.5. The van der Waals surface area contributed by atoms with Crippen molar-refractivity contribution < 1.29 is 9.90 Å². The predicted molar refractivity (Wildman–Crippen MR) is 91.2 cm³/mol. The highest BCUT2D eigenvalue weighted by atomic mass is 16.3. The van der Waals surface area contributed by atoms with Gasteiger partial charge in [0.15, 0.2) is 0 Å². The average molecular weight is 316 g/mol. The maximum Gasteiger partial charge on any atom is 0.248 e. The maximum absolute atomic E-state index is 11.7. The van der Waals surface area contributed by atoms with Gasteiger partial charge >= 0.3 is 0 Å². The van der Waals surface area contributed by atoms with Gasteiger partial charge in [-0.25, -0.2) is 0 Å². The second-order valence-electron chi connectivity index (χ2n) is 7.18. The highest BCUT2D eigenvalue weighted by molar-refractivity contribution is 5.77. The monoisotopic (exact) mass is 316 g/mol. The predicted octanol–water partition coefficient (Wildman–Crippen LogP) is 2.10. The molecule has 2 saturated heterocycles. The molecule has 23 heavy (non-hydrogen) atoms. The highest BCUT2D eigenvalue weighted by Crippen LogP contribution is 2.44. The van der Waals surface area contributed by atoms with E-state index in [4.69, 9.17) is 5.11 Å². The topological polar surface area (TPSA) is 43.8 Å². The first-order valence-electron chi connectivity index (χ1n) is 8.82. The Morgan fingerprint density at radius 2 is 1.96 bits per heavy atom. The van der Waals surface area contributed by atoms with Crippen molar-refractivity contribution in [1.29, 1.82) is 0 Å². The number of aliphatic hydroxyl groups excluding tert-OH is 1. The quantitative estimate of drug-likeness (QED) is 0.929. The van der Waals surface area contributed by atoms with Crippen LogP contribution in [0.15, 0.2) is 30.3 Å². The fourth-order valence-electron chi connectivity index (χ4n) is 4.38. The third-order valence-corrected chi connectivity index (χ3v) is 5.75. The minimum Gasteiger partial charge on any atom is -0.387 e. The lowest BCUT2D eigenvalue weighted by Crippen LogP contribution is -2.52. The Kier molecular flexibility index (Phi) is 5.02. The molecule has 0 unspecified atom stereocenters. The number of benzene rings is 1. The minimum atomic E-state index is -0.360. The fraction of sp³-hybridized carbons (Fsp3) is 0.632. The number of aliphatic hydroxyl groups is 1. The van der Waals surface area contributed by atoms with E-state index in [1.54, 1.807) is 0 Å². The molecule has 1 spiro atoms. The van der Waals surface area contributed by atoms with Crippen LogP contribution < -0.4 is 0 Å². The molecular weight excluding hydrogens is 288 g/mol. The van der Waals surface area contributed by atoms with Gasteiger partial charge in [0, 0.05) is 26.2 Å². The molecule has 0 aliphatic carbocycles. The molecule has 2 fully saturated rings. The van der Waals surface area contributed by atoms with Gasteiger partial charge in [0.05, 0.1) is 0 Å². The van der Waals surface area contributed by atoms with Crippen molar-refractivity contribution in [3.05, 3.63) is 35.9 Å². The number of hydrogen-bond donors (Lipinski definition) is 1. The van der Waals surface area contributed by atoms with Crippen LogP contribution in [0.4, 0.5) is 0 Å². The van der Waals surface area contributed by atoms with Crippen LogP contribution >= 0.6 is 0 Å². The Bertz CT molecular complexity index is 523. The molecular formula is C19H28N2O2. The van der Waals surface area contributed by atoms with E-state index in [-0.39, 0.29) is 12.5 Å². The molecule has 0 aromatic heterocycles. The zero-order valence-corrected chi connectivity index (χ0v) is 14.1. The highest BCUT2D eigenvalue weighted by Gasteiger charge is 2.42. The number of likely N-dealkylation sites (tertiary alicyclic amines) is 2. The van der Waals surface area contributed by atoms with Gasteiger partial charge in [-0.05, 0) is 42.7 Å². The molecule has 1 N–H and O–H groups in total. The van der Waals surface area contributed by atoms with E-state index >= 15 is 0 Å². The van der Waals surface area contributed by atoms with Crippen molar-refractivity contribution in [2.45, 2.75) is 32.1 Å². The van der Waals surface area contributed by atoms with Crippen LogP contribution in [0.1, 0.15) is 37.7 Å². The Morgan fingerprint density at radius 3 is 2.57 bits per heavy atom. The van der Waals surface area contributed by atoms with Crippen molar-refractivity contribution in [1.82, 2.24) is 9.80 Å². The summed E-state index contributed by atoms with van der Waals surface area (Å²) in [6.07, 6.45) is 3.33. The summed E-state index contributed by atoms with van der Waals surface area (Å²) in [6.45, 7) is 6.84. The van der Waals surface area contributed by atoms with E-state index in [0.717, 1.165) is 45.6 Å². The van der Waals surface area contributed by atoms with Crippen LogP contribution in [-0.4, -0.2) is 60.1 Å². The second kappa shape index (κ2) is 7.02. The van der Waals surface area contributed by atoms with Gasteiger partial charge < -0.3 is 14.9 Å². The van der Waals surface area contributed by atoms with Gasteiger partial charge in [-0.3, -0.25) is 4.79 Å². The molecule has 1 aromatic rings. The fourth-order valence-corrected chi connectivity index (χ4v) is 4.38. The number of carbonyl (C=O) groups is 1. The lowest BCUT2D eigenvalue weighted by molar-refractivity contribution is -0.137. The number of likely N-dealkylation sites (N-methyl/N-ethyl adjacent to an activating group) is 1. The number of rotatable bonds is 3. The third-order valence-electron chi connectivity index (χ3n) is 5.75. The van der Waals surface area contributed by atoms with Crippen LogP contribution in [-0.2, 0) is 4.79 Å². The standard InChI is InChI=1S/C19H28N2O2/c1-2-20-13-17(16-6-4-3-5-7-16)12-19(15-20)8-10-21(11-9-19)18(23)14-22/h3-7,17,22H,2,8-15H2,1H3/t17-/m0/s1. The zero-order chi connectivity index (χ0) is 16.3. The van der Waals surface area contributed by atoms with E-state index in [0.29, 0.717) is 11.3 Å². The van der Waals surface area contributed by atoms with Crippen molar-refractivity contribution in [2.24, 2.45) is 5.41 Å². The molecule has 2 heterocycles. The second-order valence-corrected chi connectivity index (χ2v) is 7.18. The molecule has 1 aromatic carbocycles. The van der Waals surface area contributed by atoms with Crippen molar-refractivity contribution in [2.75, 3.05) is 39.3 Å². The SMILES string of the molecule is CCN1C[C@@H](c2ccccc2)CC2(CCN(C(=O)CO)CC2)C1. The van der Waals surface area contributed by atoms with Gasteiger partial charge in [0.1, 0.15) is 6.61 Å². The number of hydrogen-bond acceptors (Lipinski definition) is 3. The molecule has 2 aliphatic heterocycles. The first-order valence-corrected chi connectivity index (χ1v) is 8.82. The molecule has 1 amide bonds. The normalized spacial score (nSPS) is 24.8. The van der Waals surface area contributed by atoms with E-state index in [2.05, 4.69) is 42.2 Å². The number of amides is 1. The summed E-state index contributed by atoms with van der Waals surface area (Å²) in [5, 5.41) is 9.06. The van der Waals surface area contributed by atoms with Crippen molar-refractivity contribution in [3.8, 4) is 0 Å². The van der Waals surface area contributed by atoms with Crippen molar-refractivity contribution >= 4 is 5.91 Å². The van der Waals surface area contributed by atoms with Crippen LogP contribution in [0.3, 0.4) is 0 Å². The summed E-state index contributed by atoms with van der Waals surface area (Å²) < 4.78 is 0. The smallest absolute Gasteiger partial charge is 0.248 e. The van der Waals surface area contributed by atoms with Crippen LogP contribution in [0, 0.1) is 5.41 Å². The molecule has 4 nitrogen and oxygen atoms in total. The Balaban J connectivity index is 1.73. The first-order chi connectivity index (χ1) is 11.2. The van der Waals surface area contributed by atoms with Gasteiger partial charge in [0.25, 0.3) is 0 Å². The zero-order valence-electron chi connectivity index (χ0n) is 14.1. The summed E-state index contributed by atoms with van der Waals surface area (Å²) in [6, 6.07) is 10.9. The lowest BCUT2D eigenvalue weighted by atomic mass is 9.68. The van der Waals surface area contributed by atoms with E-state index in [1.807, 2.05) is 4.90 Å². The van der Waals surface area contributed by atoms with E-state index in [9.17, 15) is 4.79 Å². The summed E-state index contributed by atoms with van der Waals surface area (Å²) in [4.78, 5) is 16.1. The summed E-state index contributed by atoms with van der Waals surface area (Å²) >= 11 is 0. The average Bonchev–Trinajstić information content (AvgIpc) is 2.62. The Labute approximate surface area is 139 Å². The number of nitrogens with zero attached hydrogens (tertiary/aromatic N) is 2. The molecule has 0 bridgehead atoms. The molecule has 4 heteroatoms. The van der Waals surface area contributed by atoms with Gasteiger partial charge in [-0.2, -0.15) is 0 Å². The van der Waals surface area contributed by atoms with E-state index in [1.165, 1.54) is 12.0 Å². The van der Waals surface area contributed by atoms with E-state index < -0.39 is 0 Å².